The van der Waals surface area contributed by atoms with E-state index in [1.807, 2.05) is 6.92 Å². The second kappa shape index (κ2) is 8.44. The van der Waals surface area contributed by atoms with Crippen LogP contribution in [0.5, 0.6) is 0 Å². The summed E-state index contributed by atoms with van der Waals surface area (Å²) in [6, 6.07) is 4.32. The Morgan fingerprint density at radius 3 is 2.38 bits per heavy atom. The molecule has 1 aromatic rings. The van der Waals surface area contributed by atoms with Crippen LogP contribution in [0.1, 0.15) is 23.6 Å². The number of nitrogens with one attached hydrogen (secondary N) is 1. The largest absolute Gasteiger partial charge is 0.465 e. The maximum Gasteiger partial charge on any atom is 0.320 e. The third kappa shape index (κ3) is 4.92. The molecule has 0 aromatic heterocycles. The Bertz CT molecular complexity index is 611. The molecule has 0 aliphatic carbocycles. The Morgan fingerprint density at radius 1 is 1.12 bits per heavy atom. The lowest BCUT2D eigenvalue weighted by Gasteiger charge is -2.35. The molecule has 0 bridgehead atoms. The van der Waals surface area contributed by atoms with Crippen molar-refractivity contribution in [2.75, 3.05) is 44.6 Å². The number of carbonyl (C=O) groups excluding carboxylic acids is 1. The SMILES string of the molecule is CCOC(=O)CN1CCN(C(=S)Nc2cc(C)c(C)cc2C)CC1. The molecule has 0 amide bonds. The lowest BCUT2D eigenvalue weighted by Crippen LogP contribution is -2.51. The molecule has 1 fully saturated rings. The molecule has 1 N–H and O–H groups in total. The Balaban J connectivity index is 1.87. The Labute approximate surface area is 150 Å². The highest BCUT2D eigenvalue weighted by Crippen LogP contribution is 2.20. The van der Waals surface area contributed by atoms with Crippen LogP contribution < -0.4 is 5.32 Å². The van der Waals surface area contributed by atoms with Gasteiger partial charge in [-0.2, -0.15) is 0 Å². The zero-order valence-corrected chi connectivity index (χ0v) is 15.8. The summed E-state index contributed by atoms with van der Waals surface area (Å²) in [5.41, 5.74) is 4.81. The first kappa shape index (κ1) is 18.7. The van der Waals surface area contributed by atoms with Gasteiger partial charge in [0.2, 0.25) is 0 Å². The molecular formula is C18H27N3O2S. The van der Waals surface area contributed by atoms with Crippen LogP contribution in [0.3, 0.4) is 0 Å². The molecule has 24 heavy (non-hydrogen) atoms. The maximum atomic E-state index is 11.5. The molecule has 1 aliphatic heterocycles. The second-order valence-electron chi connectivity index (χ2n) is 6.25. The summed E-state index contributed by atoms with van der Waals surface area (Å²) in [5.74, 6) is -0.155. The minimum atomic E-state index is -0.155. The molecule has 132 valence electrons. The molecule has 1 aromatic carbocycles. The van der Waals surface area contributed by atoms with Gasteiger partial charge in [-0.3, -0.25) is 9.69 Å². The van der Waals surface area contributed by atoms with E-state index in [1.165, 1.54) is 16.7 Å². The molecule has 0 saturated carbocycles. The van der Waals surface area contributed by atoms with Crippen LogP contribution in [0.2, 0.25) is 0 Å². The standard InChI is InChI=1S/C18H27N3O2S/c1-5-23-17(22)12-20-6-8-21(9-7-20)18(24)19-16-11-14(3)13(2)10-15(16)4/h10-11H,5-9,12H2,1-4H3,(H,19,24). The number of esters is 1. The third-order valence-electron chi connectivity index (χ3n) is 4.40. The lowest BCUT2D eigenvalue weighted by atomic mass is 10.1. The van der Waals surface area contributed by atoms with Crippen LogP contribution in [0.25, 0.3) is 0 Å². The van der Waals surface area contributed by atoms with Crippen molar-refractivity contribution in [2.45, 2.75) is 27.7 Å². The van der Waals surface area contributed by atoms with Crippen LogP contribution >= 0.6 is 12.2 Å². The Morgan fingerprint density at radius 2 is 1.75 bits per heavy atom. The fourth-order valence-corrected chi connectivity index (χ4v) is 3.08. The highest BCUT2D eigenvalue weighted by Gasteiger charge is 2.21. The summed E-state index contributed by atoms with van der Waals surface area (Å²) in [5, 5.41) is 4.12. The van der Waals surface area contributed by atoms with E-state index < -0.39 is 0 Å². The summed E-state index contributed by atoms with van der Waals surface area (Å²) >= 11 is 5.56. The van der Waals surface area contributed by atoms with E-state index in [9.17, 15) is 4.79 Å². The van der Waals surface area contributed by atoms with Gasteiger partial charge in [-0.05, 0) is 62.7 Å². The van der Waals surface area contributed by atoms with Gasteiger partial charge in [-0.1, -0.05) is 6.07 Å². The summed E-state index contributed by atoms with van der Waals surface area (Å²) < 4.78 is 5.00. The van der Waals surface area contributed by atoms with E-state index in [0.29, 0.717) is 13.2 Å². The predicted octanol–water partition coefficient (Wildman–Crippen LogP) is 2.49. The second-order valence-corrected chi connectivity index (χ2v) is 6.64. The van der Waals surface area contributed by atoms with E-state index in [2.05, 4.69) is 48.0 Å². The van der Waals surface area contributed by atoms with E-state index in [0.717, 1.165) is 37.0 Å². The lowest BCUT2D eigenvalue weighted by molar-refractivity contribution is -0.144. The molecule has 1 heterocycles. The number of thiocarbonyl (C=S) groups is 1. The average Bonchev–Trinajstić information content (AvgIpc) is 2.53. The number of carbonyl (C=O) groups is 1. The number of anilines is 1. The molecule has 1 saturated heterocycles. The highest BCUT2D eigenvalue weighted by molar-refractivity contribution is 7.80. The summed E-state index contributed by atoms with van der Waals surface area (Å²) in [6.45, 7) is 12.2. The van der Waals surface area contributed by atoms with Crippen LogP contribution in [0, 0.1) is 20.8 Å². The highest BCUT2D eigenvalue weighted by atomic mass is 32.1. The minimum Gasteiger partial charge on any atom is -0.465 e. The van der Waals surface area contributed by atoms with Gasteiger partial charge in [0.15, 0.2) is 5.11 Å². The average molecular weight is 350 g/mol. The van der Waals surface area contributed by atoms with Gasteiger partial charge in [-0.25, -0.2) is 0 Å². The predicted molar refractivity (Wildman–Crippen MR) is 102 cm³/mol. The Hall–Kier alpha value is -1.66. The summed E-state index contributed by atoms with van der Waals surface area (Å²) in [4.78, 5) is 15.8. The quantitative estimate of drug-likeness (QED) is 0.666. The normalized spacial score (nSPS) is 15.2. The number of hydrogen-bond acceptors (Lipinski definition) is 4. The van der Waals surface area contributed by atoms with Gasteiger partial charge in [0, 0.05) is 31.9 Å². The van der Waals surface area contributed by atoms with E-state index in [4.69, 9.17) is 17.0 Å². The van der Waals surface area contributed by atoms with Gasteiger partial charge < -0.3 is 15.0 Å². The molecule has 0 radical (unpaired) electrons. The maximum absolute atomic E-state index is 11.5. The fourth-order valence-electron chi connectivity index (χ4n) is 2.79. The molecule has 5 nitrogen and oxygen atoms in total. The Kier molecular flexibility index (Phi) is 6.57. The van der Waals surface area contributed by atoms with Gasteiger partial charge in [-0.15, -0.1) is 0 Å². The monoisotopic (exact) mass is 349 g/mol. The number of aryl methyl sites for hydroxylation is 3. The molecule has 6 heteroatoms. The number of ether oxygens (including phenoxy) is 1. The van der Waals surface area contributed by atoms with Crippen LogP contribution in [0.4, 0.5) is 5.69 Å². The van der Waals surface area contributed by atoms with Gasteiger partial charge in [0.25, 0.3) is 0 Å². The van der Waals surface area contributed by atoms with E-state index in [-0.39, 0.29) is 5.97 Å². The number of nitrogens with zero attached hydrogens (tertiary/aromatic N) is 2. The molecule has 0 atom stereocenters. The number of rotatable bonds is 4. The topological polar surface area (TPSA) is 44.8 Å². The van der Waals surface area contributed by atoms with E-state index >= 15 is 0 Å². The minimum absolute atomic E-state index is 0.155. The van der Waals surface area contributed by atoms with Crippen molar-refractivity contribution in [1.82, 2.24) is 9.80 Å². The zero-order valence-electron chi connectivity index (χ0n) is 15.0. The van der Waals surface area contributed by atoms with Crippen molar-refractivity contribution >= 4 is 29.0 Å². The zero-order chi connectivity index (χ0) is 17.7. The molecule has 2 rings (SSSR count). The molecule has 0 spiro atoms. The first-order chi connectivity index (χ1) is 11.4. The van der Waals surface area contributed by atoms with Crippen LogP contribution in [0.15, 0.2) is 12.1 Å². The molecule has 1 aliphatic rings. The first-order valence-corrected chi connectivity index (χ1v) is 8.83. The van der Waals surface area contributed by atoms with Crippen molar-refractivity contribution in [3.63, 3.8) is 0 Å². The number of piperazine rings is 1. The van der Waals surface area contributed by atoms with Crippen LogP contribution in [-0.4, -0.2) is 60.2 Å². The first-order valence-electron chi connectivity index (χ1n) is 8.42. The van der Waals surface area contributed by atoms with Crippen molar-refractivity contribution in [1.29, 1.82) is 0 Å². The number of hydrogen-bond donors (Lipinski definition) is 1. The van der Waals surface area contributed by atoms with Crippen LogP contribution in [-0.2, 0) is 9.53 Å². The van der Waals surface area contributed by atoms with Gasteiger partial charge in [0.1, 0.15) is 0 Å². The summed E-state index contributed by atoms with van der Waals surface area (Å²) in [7, 11) is 0. The van der Waals surface area contributed by atoms with Crippen molar-refractivity contribution < 1.29 is 9.53 Å². The van der Waals surface area contributed by atoms with Gasteiger partial charge >= 0.3 is 5.97 Å². The molecule has 0 unspecified atom stereocenters. The van der Waals surface area contributed by atoms with Gasteiger partial charge in [0.05, 0.1) is 13.2 Å². The van der Waals surface area contributed by atoms with E-state index in [1.54, 1.807) is 0 Å². The number of benzene rings is 1. The fraction of sp³-hybridized carbons (Fsp3) is 0.556. The van der Waals surface area contributed by atoms with Crippen molar-refractivity contribution in [3.8, 4) is 0 Å². The third-order valence-corrected chi connectivity index (χ3v) is 4.76. The summed E-state index contributed by atoms with van der Waals surface area (Å²) in [6.07, 6.45) is 0. The van der Waals surface area contributed by atoms with Crippen molar-refractivity contribution in [3.05, 3.63) is 28.8 Å². The smallest absolute Gasteiger partial charge is 0.320 e. The molecular weight excluding hydrogens is 322 g/mol. The van der Waals surface area contributed by atoms with Crippen molar-refractivity contribution in [2.24, 2.45) is 0 Å².